The van der Waals surface area contributed by atoms with Gasteiger partial charge in [-0.3, -0.25) is 0 Å². The van der Waals surface area contributed by atoms with Gasteiger partial charge in [0.25, 0.3) is 0 Å². The zero-order valence-electron chi connectivity index (χ0n) is 9.47. The van der Waals surface area contributed by atoms with Gasteiger partial charge >= 0.3 is 0 Å². The van der Waals surface area contributed by atoms with Gasteiger partial charge in [0.2, 0.25) is 0 Å². The number of halogens is 2. The normalized spacial score (nSPS) is 30.4. The maximum absolute atomic E-state index is 14.7. The molecule has 1 nitrogen and oxygen atoms in total. The van der Waals surface area contributed by atoms with Crippen LogP contribution in [0.15, 0.2) is 18.2 Å². The summed E-state index contributed by atoms with van der Waals surface area (Å²) in [5, 5.41) is 0. The third kappa shape index (κ3) is 2.09. The van der Waals surface area contributed by atoms with Crippen LogP contribution in [-0.2, 0) is 5.67 Å². The molecule has 0 heterocycles. The van der Waals surface area contributed by atoms with Crippen LogP contribution < -0.4 is 5.73 Å². The van der Waals surface area contributed by atoms with E-state index in [0.29, 0.717) is 6.42 Å². The molecule has 0 aliphatic heterocycles. The lowest BCUT2D eigenvalue weighted by Gasteiger charge is -2.33. The molecule has 1 aliphatic carbocycles. The van der Waals surface area contributed by atoms with E-state index < -0.39 is 11.5 Å². The standard InChI is InChI=1S/C13H17F2N/c1-9-4-5-12(14)11(7-9)13(15)6-2-3-10(16)8-13/h4-5,7,10H,2-3,6,8,16H2,1H3. The SMILES string of the molecule is Cc1ccc(F)c(C2(F)CCCC(N)C2)c1. The van der Waals surface area contributed by atoms with Crippen molar-refractivity contribution in [2.24, 2.45) is 5.73 Å². The van der Waals surface area contributed by atoms with E-state index in [1.807, 2.05) is 6.92 Å². The molecule has 1 aliphatic rings. The molecule has 0 spiro atoms. The van der Waals surface area contributed by atoms with Crippen LogP contribution in [0.4, 0.5) is 8.78 Å². The Morgan fingerprint density at radius 1 is 1.44 bits per heavy atom. The first kappa shape index (κ1) is 11.5. The minimum Gasteiger partial charge on any atom is -0.328 e. The highest BCUT2D eigenvalue weighted by Crippen LogP contribution is 2.41. The Hall–Kier alpha value is -0.960. The van der Waals surface area contributed by atoms with Gasteiger partial charge in [0, 0.05) is 18.0 Å². The van der Waals surface area contributed by atoms with Crippen LogP contribution in [-0.4, -0.2) is 6.04 Å². The Labute approximate surface area is 94.7 Å². The second kappa shape index (κ2) is 4.13. The molecule has 2 N–H and O–H groups in total. The number of hydrogen-bond acceptors (Lipinski definition) is 1. The van der Waals surface area contributed by atoms with E-state index in [4.69, 9.17) is 5.73 Å². The highest BCUT2D eigenvalue weighted by atomic mass is 19.1. The number of alkyl halides is 1. The summed E-state index contributed by atoms with van der Waals surface area (Å²) in [4.78, 5) is 0. The average Bonchev–Trinajstić information content (AvgIpc) is 2.21. The van der Waals surface area contributed by atoms with Crippen LogP contribution in [0.5, 0.6) is 0 Å². The van der Waals surface area contributed by atoms with Crippen molar-refractivity contribution in [3.63, 3.8) is 0 Å². The summed E-state index contributed by atoms with van der Waals surface area (Å²) in [6, 6.07) is 4.45. The van der Waals surface area contributed by atoms with Gasteiger partial charge in [0.15, 0.2) is 0 Å². The van der Waals surface area contributed by atoms with Gasteiger partial charge in [-0.25, -0.2) is 8.78 Å². The monoisotopic (exact) mass is 225 g/mol. The predicted octanol–water partition coefficient (Wildman–Crippen LogP) is 3.20. The van der Waals surface area contributed by atoms with Crippen molar-refractivity contribution in [3.05, 3.63) is 35.1 Å². The van der Waals surface area contributed by atoms with E-state index in [1.54, 1.807) is 12.1 Å². The van der Waals surface area contributed by atoms with Crippen LogP contribution in [0.2, 0.25) is 0 Å². The number of nitrogens with two attached hydrogens (primary N) is 1. The van der Waals surface area contributed by atoms with Crippen molar-refractivity contribution in [2.75, 3.05) is 0 Å². The number of aryl methyl sites for hydroxylation is 1. The highest BCUT2D eigenvalue weighted by molar-refractivity contribution is 5.30. The lowest BCUT2D eigenvalue weighted by molar-refractivity contribution is 0.0904. The molecule has 1 aromatic carbocycles. The fourth-order valence-corrected chi connectivity index (χ4v) is 2.49. The topological polar surface area (TPSA) is 26.0 Å². The fraction of sp³-hybridized carbons (Fsp3) is 0.538. The molecule has 88 valence electrons. The Bertz CT molecular complexity index is 392. The second-order valence-corrected chi connectivity index (χ2v) is 4.81. The molecular weight excluding hydrogens is 208 g/mol. The van der Waals surface area contributed by atoms with E-state index in [2.05, 4.69) is 0 Å². The van der Waals surface area contributed by atoms with Gasteiger partial charge in [-0.2, -0.15) is 0 Å². The Morgan fingerprint density at radius 2 is 2.19 bits per heavy atom. The molecular formula is C13H17F2N. The van der Waals surface area contributed by atoms with E-state index in [0.717, 1.165) is 18.4 Å². The summed E-state index contributed by atoms with van der Waals surface area (Å²) in [5.41, 5.74) is 5.26. The maximum Gasteiger partial charge on any atom is 0.140 e. The maximum atomic E-state index is 14.7. The minimum absolute atomic E-state index is 0.154. The summed E-state index contributed by atoms with van der Waals surface area (Å²) in [6.45, 7) is 1.84. The van der Waals surface area contributed by atoms with Gasteiger partial charge in [-0.1, -0.05) is 11.6 Å². The minimum atomic E-state index is -1.58. The zero-order valence-corrected chi connectivity index (χ0v) is 9.47. The van der Waals surface area contributed by atoms with Crippen LogP contribution in [0.1, 0.15) is 36.8 Å². The summed E-state index contributed by atoms with van der Waals surface area (Å²) >= 11 is 0. The first-order valence-electron chi connectivity index (χ1n) is 5.72. The van der Waals surface area contributed by atoms with Gasteiger partial charge < -0.3 is 5.73 Å². The van der Waals surface area contributed by atoms with Gasteiger partial charge in [-0.05, 0) is 38.3 Å². The molecule has 2 atom stereocenters. The third-order valence-electron chi connectivity index (χ3n) is 3.34. The van der Waals surface area contributed by atoms with E-state index in [-0.39, 0.29) is 18.0 Å². The molecule has 0 radical (unpaired) electrons. The van der Waals surface area contributed by atoms with E-state index in [1.165, 1.54) is 6.07 Å². The largest absolute Gasteiger partial charge is 0.328 e. The number of benzene rings is 1. The molecule has 0 bridgehead atoms. The van der Waals surface area contributed by atoms with Crippen molar-refractivity contribution in [2.45, 2.75) is 44.3 Å². The summed E-state index contributed by atoms with van der Waals surface area (Å²) in [7, 11) is 0. The van der Waals surface area contributed by atoms with Crippen molar-refractivity contribution < 1.29 is 8.78 Å². The van der Waals surface area contributed by atoms with E-state index >= 15 is 0 Å². The van der Waals surface area contributed by atoms with Crippen LogP contribution in [0.3, 0.4) is 0 Å². The van der Waals surface area contributed by atoms with Crippen molar-refractivity contribution in [1.82, 2.24) is 0 Å². The van der Waals surface area contributed by atoms with Gasteiger partial charge in [0.05, 0.1) is 0 Å². The molecule has 1 fully saturated rings. The molecule has 0 amide bonds. The molecule has 16 heavy (non-hydrogen) atoms. The Balaban J connectivity index is 2.37. The van der Waals surface area contributed by atoms with Crippen molar-refractivity contribution in [3.8, 4) is 0 Å². The number of rotatable bonds is 1. The van der Waals surface area contributed by atoms with Crippen molar-refractivity contribution in [1.29, 1.82) is 0 Å². The Kier molecular flexibility index (Phi) is 2.98. The quantitative estimate of drug-likeness (QED) is 0.780. The second-order valence-electron chi connectivity index (χ2n) is 4.81. The zero-order chi connectivity index (χ0) is 11.8. The first-order chi connectivity index (χ1) is 7.51. The Morgan fingerprint density at radius 3 is 2.88 bits per heavy atom. The van der Waals surface area contributed by atoms with E-state index in [9.17, 15) is 8.78 Å². The summed E-state index contributed by atoms with van der Waals surface area (Å²) in [6.07, 6.45) is 2.17. The van der Waals surface area contributed by atoms with Gasteiger partial charge in [0.1, 0.15) is 11.5 Å². The van der Waals surface area contributed by atoms with Crippen LogP contribution in [0, 0.1) is 12.7 Å². The molecule has 0 saturated heterocycles. The van der Waals surface area contributed by atoms with Crippen LogP contribution >= 0.6 is 0 Å². The highest BCUT2D eigenvalue weighted by Gasteiger charge is 2.38. The molecule has 1 aromatic rings. The summed E-state index contributed by atoms with van der Waals surface area (Å²) in [5.74, 6) is -0.456. The smallest absolute Gasteiger partial charge is 0.140 e. The molecule has 3 heteroatoms. The molecule has 1 saturated carbocycles. The average molecular weight is 225 g/mol. The van der Waals surface area contributed by atoms with Crippen LogP contribution in [0.25, 0.3) is 0 Å². The molecule has 2 unspecified atom stereocenters. The fourth-order valence-electron chi connectivity index (χ4n) is 2.49. The first-order valence-corrected chi connectivity index (χ1v) is 5.72. The predicted molar refractivity (Wildman–Crippen MR) is 60.4 cm³/mol. The van der Waals surface area contributed by atoms with Crippen molar-refractivity contribution >= 4 is 0 Å². The molecule has 2 rings (SSSR count). The lowest BCUT2D eigenvalue weighted by atomic mass is 9.78. The van der Waals surface area contributed by atoms with Gasteiger partial charge in [-0.15, -0.1) is 0 Å². The number of hydrogen-bond donors (Lipinski definition) is 1. The third-order valence-corrected chi connectivity index (χ3v) is 3.34. The summed E-state index contributed by atoms with van der Waals surface area (Å²) < 4.78 is 28.3. The lowest BCUT2D eigenvalue weighted by Crippen LogP contribution is -2.36. The molecule has 0 aromatic heterocycles.